The van der Waals surface area contributed by atoms with Gasteiger partial charge in [-0.25, -0.2) is 13.2 Å². The number of amides is 1. The lowest BCUT2D eigenvalue weighted by atomic mass is 10.1. The highest BCUT2D eigenvalue weighted by Gasteiger charge is 2.30. The van der Waals surface area contributed by atoms with Crippen LogP contribution in [0.3, 0.4) is 0 Å². The Morgan fingerprint density at radius 2 is 1.86 bits per heavy atom. The molecule has 2 fully saturated rings. The number of hydrogen-bond donors (Lipinski definition) is 2. The van der Waals surface area contributed by atoms with E-state index in [2.05, 4.69) is 25.4 Å². The van der Waals surface area contributed by atoms with Gasteiger partial charge in [-0.3, -0.25) is 14.7 Å². The lowest BCUT2D eigenvalue weighted by Gasteiger charge is -2.32. The van der Waals surface area contributed by atoms with E-state index in [-0.39, 0.29) is 30.5 Å². The number of hydrogen-bond acceptors (Lipinski definition) is 3. The topological polar surface area (TPSA) is 60.0 Å². The lowest BCUT2D eigenvalue weighted by Crippen LogP contribution is -2.46. The molecule has 0 spiro atoms. The molecule has 1 aromatic carbocycles. The van der Waals surface area contributed by atoms with Crippen molar-refractivity contribution in [1.29, 1.82) is 0 Å². The monoisotopic (exact) mass is 525 g/mol. The number of benzene rings is 1. The minimum absolute atomic E-state index is 0. The van der Waals surface area contributed by atoms with Crippen LogP contribution in [0.15, 0.2) is 17.1 Å². The molecule has 0 aliphatic carbocycles. The van der Waals surface area contributed by atoms with Crippen LogP contribution in [-0.2, 0) is 4.79 Å². The fraction of sp³-hybridized carbons (Fsp3) is 0.579. The second-order valence-electron chi connectivity index (χ2n) is 7.16. The molecule has 0 saturated carbocycles. The summed E-state index contributed by atoms with van der Waals surface area (Å²) in [5.41, 5.74) is -0.396. The molecule has 2 N–H and O–H groups in total. The van der Waals surface area contributed by atoms with E-state index in [1.165, 1.54) is 19.3 Å². The number of piperidine rings is 1. The minimum Gasteiger partial charge on any atom is -0.347 e. The number of halogens is 4. The third-order valence-corrected chi connectivity index (χ3v) is 5.30. The first kappa shape index (κ1) is 23.7. The van der Waals surface area contributed by atoms with Crippen molar-refractivity contribution in [3.8, 4) is 0 Å². The molecule has 2 heterocycles. The smallest absolute Gasteiger partial charge is 0.243 e. The highest BCUT2D eigenvalue weighted by atomic mass is 127. The largest absolute Gasteiger partial charge is 0.347 e. The lowest BCUT2D eigenvalue weighted by molar-refractivity contribution is -0.115. The summed E-state index contributed by atoms with van der Waals surface area (Å²) in [6.07, 6.45) is 4.82. The van der Waals surface area contributed by atoms with Crippen LogP contribution in [-0.4, -0.2) is 67.5 Å². The predicted molar refractivity (Wildman–Crippen MR) is 117 cm³/mol. The summed E-state index contributed by atoms with van der Waals surface area (Å²) >= 11 is 0. The molecule has 2 aliphatic rings. The number of rotatable bonds is 4. The molecule has 2 saturated heterocycles. The third kappa shape index (κ3) is 5.97. The summed E-state index contributed by atoms with van der Waals surface area (Å²) in [5.74, 6) is -4.30. The maximum Gasteiger partial charge on any atom is 0.243 e. The van der Waals surface area contributed by atoms with Crippen molar-refractivity contribution < 1.29 is 18.0 Å². The summed E-state index contributed by atoms with van der Waals surface area (Å²) in [4.78, 5) is 20.9. The Morgan fingerprint density at radius 3 is 2.55 bits per heavy atom. The number of carbonyl (C=O) groups excluding carboxylic acids is 1. The summed E-state index contributed by atoms with van der Waals surface area (Å²) in [6.45, 7) is 3.80. The fourth-order valence-corrected chi connectivity index (χ4v) is 3.82. The van der Waals surface area contributed by atoms with E-state index in [1.54, 1.807) is 7.05 Å². The van der Waals surface area contributed by atoms with E-state index in [0.29, 0.717) is 12.0 Å². The van der Waals surface area contributed by atoms with Crippen LogP contribution >= 0.6 is 24.0 Å². The van der Waals surface area contributed by atoms with E-state index in [4.69, 9.17) is 0 Å². The van der Waals surface area contributed by atoms with E-state index in [1.807, 2.05) is 0 Å². The molecule has 0 bridgehead atoms. The summed E-state index contributed by atoms with van der Waals surface area (Å²) < 4.78 is 39.9. The zero-order valence-corrected chi connectivity index (χ0v) is 18.7. The van der Waals surface area contributed by atoms with Gasteiger partial charge in [0.05, 0.1) is 12.2 Å². The average molecular weight is 525 g/mol. The van der Waals surface area contributed by atoms with E-state index < -0.39 is 29.0 Å². The molecule has 10 heteroatoms. The molecule has 6 nitrogen and oxygen atoms in total. The van der Waals surface area contributed by atoms with Gasteiger partial charge in [-0.05, 0) is 44.5 Å². The number of likely N-dealkylation sites (tertiary alicyclic amines) is 2. The van der Waals surface area contributed by atoms with Crippen molar-refractivity contribution in [1.82, 2.24) is 15.1 Å². The Hall–Kier alpha value is -1.56. The van der Waals surface area contributed by atoms with Crippen molar-refractivity contribution >= 4 is 41.5 Å². The second-order valence-corrected chi connectivity index (χ2v) is 7.16. The fourth-order valence-electron chi connectivity index (χ4n) is 3.82. The number of guanidine groups is 1. The van der Waals surface area contributed by atoms with Crippen molar-refractivity contribution in [3.05, 3.63) is 29.6 Å². The average Bonchev–Trinajstić information content (AvgIpc) is 3.20. The van der Waals surface area contributed by atoms with Gasteiger partial charge < -0.3 is 15.5 Å². The summed E-state index contributed by atoms with van der Waals surface area (Å²) in [6, 6.07) is 2.25. The highest BCUT2D eigenvalue weighted by molar-refractivity contribution is 14.0. The van der Waals surface area contributed by atoms with Crippen molar-refractivity contribution in [2.45, 2.75) is 31.7 Å². The van der Waals surface area contributed by atoms with Gasteiger partial charge in [0.2, 0.25) is 5.91 Å². The van der Waals surface area contributed by atoms with Crippen LogP contribution in [0.1, 0.15) is 25.7 Å². The van der Waals surface area contributed by atoms with Gasteiger partial charge >= 0.3 is 0 Å². The normalized spacial score (nSPS) is 20.3. The Labute approximate surface area is 185 Å². The maximum absolute atomic E-state index is 13.7. The van der Waals surface area contributed by atoms with Gasteiger partial charge in [-0.2, -0.15) is 0 Å². The Kier molecular flexibility index (Phi) is 9.00. The van der Waals surface area contributed by atoms with Gasteiger partial charge in [0.1, 0.15) is 0 Å². The SMILES string of the molecule is CN=C(NCC(=O)Nc1ccc(F)c(F)c1F)N1CCC(N2CCCCC2)C1.I. The molecule has 3 rings (SSSR count). The van der Waals surface area contributed by atoms with Crippen LogP contribution in [0.25, 0.3) is 0 Å². The van der Waals surface area contributed by atoms with Gasteiger partial charge in [0.25, 0.3) is 0 Å². The maximum atomic E-state index is 13.7. The first-order valence-electron chi connectivity index (χ1n) is 9.62. The second kappa shape index (κ2) is 11.0. The molecular formula is C19H27F3IN5O. The standard InChI is InChI=1S/C19H26F3N5O.HI/c1-23-19(27-10-7-13(12-27)26-8-3-2-4-9-26)24-11-16(28)25-15-6-5-14(20)17(21)18(15)22;/h5-6,13H,2-4,7-12H2,1H3,(H,23,24)(H,25,28);1H. The van der Waals surface area contributed by atoms with Crippen LogP contribution in [0.4, 0.5) is 18.9 Å². The molecule has 29 heavy (non-hydrogen) atoms. The first-order valence-corrected chi connectivity index (χ1v) is 9.62. The Balaban J connectivity index is 0.00000300. The molecule has 162 valence electrons. The van der Waals surface area contributed by atoms with E-state index in [0.717, 1.165) is 44.7 Å². The predicted octanol–water partition coefficient (Wildman–Crippen LogP) is 2.80. The third-order valence-electron chi connectivity index (χ3n) is 5.30. The highest BCUT2D eigenvalue weighted by Crippen LogP contribution is 2.21. The molecule has 0 radical (unpaired) electrons. The number of carbonyl (C=O) groups is 1. The zero-order chi connectivity index (χ0) is 20.1. The van der Waals surface area contributed by atoms with Gasteiger partial charge in [-0.15, -0.1) is 24.0 Å². The van der Waals surface area contributed by atoms with Crippen LogP contribution in [0.5, 0.6) is 0 Å². The first-order chi connectivity index (χ1) is 13.5. The van der Waals surface area contributed by atoms with Crippen LogP contribution < -0.4 is 10.6 Å². The Morgan fingerprint density at radius 1 is 1.14 bits per heavy atom. The minimum atomic E-state index is -1.61. The van der Waals surface area contributed by atoms with E-state index in [9.17, 15) is 18.0 Å². The summed E-state index contributed by atoms with van der Waals surface area (Å²) in [5, 5.41) is 5.20. The van der Waals surface area contributed by atoms with Crippen molar-refractivity contribution in [3.63, 3.8) is 0 Å². The van der Waals surface area contributed by atoms with Crippen LogP contribution in [0.2, 0.25) is 0 Å². The number of nitrogens with one attached hydrogen (secondary N) is 2. The van der Waals surface area contributed by atoms with Gasteiger partial charge in [0, 0.05) is 26.2 Å². The number of nitrogens with zero attached hydrogens (tertiary/aromatic N) is 3. The quantitative estimate of drug-likeness (QED) is 0.275. The molecule has 1 amide bonds. The van der Waals surface area contributed by atoms with Crippen molar-refractivity contribution in [2.75, 3.05) is 45.1 Å². The molecule has 2 aliphatic heterocycles. The van der Waals surface area contributed by atoms with Gasteiger partial charge in [0.15, 0.2) is 23.4 Å². The van der Waals surface area contributed by atoms with Crippen LogP contribution in [0, 0.1) is 17.5 Å². The molecule has 0 aromatic heterocycles. The number of aliphatic imine (C=N–C) groups is 1. The van der Waals surface area contributed by atoms with Crippen molar-refractivity contribution in [2.24, 2.45) is 4.99 Å². The molecule has 1 unspecified atom stereocenters. The molecule has 1 aromatic rings. The van der Waals surface area contributed by atoms with E-state index >= 15 is 0 Å². The Bertz CT molecular complexity index is 743. The zero-order valence-electron chi connectivity index (χ0n) is 16.4. The van der Waals surface area contributed by atoms with Gasteiger partial charge in [-0.1, -0.05) is 6.42 Å². The molecular weight excluding hydrogens is 498 g/mol. The summed E-state index contributed by atoms with van der Waals surface area (Å²) in [7, 11) is 1.64. The molecule has 1 atom stereocenters. The number of anilines is 1.